The predicted molar refractivity (Wildman–Crippen MR) is 84.7 cm³/mol. The Balaban J connectivity index is 1.90. The highest BCUT2D eigenvalue weighted by molar-refractivity contribution is 7.92. The summed E-state index contributed by atoms with van der Waals surface area (Å²) in [6.07, 6.45) is 0.546. The lowest BCUT2D eigenvalue weighted by atomic mass is 10.1. The molecular weight excluding hydrogens is 326 g/mol. The fourth-order valence-electron chi connectivity index (χ4n) is 1.98. The fourth-order valence-corrected chi connectivity index (χ4v) is 3.55. The highest BCUT2D eigenvalue weighted by atomic mass is 32.2. The van der Waals surface area contributed by atoms with Gasteiger partial charge in [0.1, 0.15) is 5.75 Å². The van der Waals surface area contributed by atoms with Gasteiger partial charge >= 0.3 is 0 Å². The monoisotopic (exact) mass is 339 g/mol. The quantitative estimate of drug-likeness (QED) is 0.890. The zero-order valence-corrected chi connectivity index (χ0v) is 13.4. The smallest absolute Gasteiger partial charge is 0.265 e. The Bertz CT molecular complexity index is 845. The van der Waals surface area contributed by atoms with Gasteiger partial charge in [0.15, 0.2) is 11.2 Å². The molecule has 22 heavy (non-hydrogen) atoms. The SMILES string of the molecule is CC1Oc2ccc(-c3csc(NS(C)(=O)=O)n3)cc2NC1=O. The Kier molecular flexibility index (Phi) is 3.53. The van der Waals surface area contributed by atoms with Crippen molar-refractivity contribution < 1.29 is 17.9 Å². The number of sulfonamides is 1. The number of aromatic nitrogens is 1. The van der Waals surface area contributed by atoms with Gasteiger partial charge in [-0.05, 0) is 25.1 Å². The number of anilines is 2. The fraction of sp³-hybridized carbons (Fsp3) is 0.231. The molecule has 0 radical (unpaired) electrons. The van der Waals surface area contributed by atoms with E-state index in [-0.39, 0.29) is 5.91 Å². The maximum atomic E-state index is 11.6. The normalized spacial score (nSPS) is 17.4. The molecule has 9 heteroatoms. The van der Waals surface area contributed by atoms with Crippen molar-refractivity contribution in [3.8, 4) is 17.0 Å². The van der Waals surface area contributed by atoms with Gasteiger partial charge in [0, 0.05) is 10.9 Å². The number of nitrogens with one attached hydrogen (secondary N) is 2. The van der Waals surface area contributed by atoms with Crippen molar-refractivity contribution in [1.29, 1.82) is 0 Å². The summed E-state index contributed by atoms with van der Waals surface area (Å²) in [5.41, 5.74) is 1.95. The van der Waals surface area contributed by atoms with Gasteiger partial charge in [0.05, 0.1) is 17.6 Å². The highest BCUT2D eigenvalue weighted by Crippen LogP contribution is 2.34. The number of carbonyl (C=O) groups excluding carboxylic acids is 1. The molecule has 7 nitrogen and oxygen atoms in total. The lowest BCUT2D eigenvalue weighted by Gasteiger charge is -2.23. The number of fused-ring (bicyclic) bond motifs is 1. The number of ether oxygens (including phenoxy) is 1. The predicted octanol–water partition coefficient (Wildman–Crippen LogP) is 1.90. The standard InChI is InChI=1S/C13H13N3O4S2/c1-7-12(17)14-9-5-8(3-4-11(9)20-7)10-6-21-13(15-10)16-22(2,18)19/h3-7H,1-2H3,(H,14,17)(H,15,16). The molecular formula is C13H13N3O4S2. The van der Waals surface area contributed by atoms with E-state index in [1.54, 1.807) is 24.4 Å². The molecule has 1 aliphatic rings. The molecule has 3 rings (SSSR count). The Morgan fingerprint density at radius 3 is 2.91 bits per heavy atom. The molecule has 1 amide bonds. The van der Waals surface area contributed by atoms with Crippen LogP contribution in [-0.4, -0.2) is 31.7 Å². The zero-order valence-electron chi connectivity index (χ0n) is 11.8. The van der Waals surface area contributed by atoms with Crippen LogP contribution in [0.25, 0.3) is 11.3 Å². The first-order valence-corrected chi connectivity index (χ1v) is 9.14. The molecule has 1 aromatic heterocycles. The summed E-state index contributed by atoms with van der Waals surface area (Å²) in [5, 5.41) is 4.80. The average Bonchev–Trinajstić information content (AvgIpc) is 2.86. The van der Waals surface area contributed by atoms with Crippen molar-refractivity contribution >= 4 is 38.1 Å². The van der Waals surface area contributed by atoms with Crippen molar-refractivity contribution in [2.45, 2.75) is 13.0 Å². The van der Waals surface area contributed by atoms with Crippen LogP contribution in [0.15, 0.2) is 23.6 Å². The van der Waals surface area contributed by atoms with Gasteiger partial charge in [0.25, 0.3) is 5.91 Å². The Morgan fingerprint density at radius 2 is 2.18 bits per heavy atom. The molecule has 1 unspecified atom stereocenters. The minimum Gasteiger partial charge on any atom is -0.479 e. The molecule has 0 aliphatic carbocycles. The average molecular weight is 339 g/mol. The van der Waals surface area contributed by atoms with Crippen molar-refractivity contribution in [2.24, 2.45) is 0 Å². The second kappa shape index (κ2) is 5.25. The van der Waals surface area contributed by atoms with E-state index in [0.29, 0.717) is 22.3 Å². The number of thiazole rings is 1. The Labute approximate surface area is 131 Å². The first kappa shape index (κ1) is 14.8. The molecule has 2 heterocycles. The summed E-state index contributed by atoms with van der Waals surface area (Å²) < 4.78 is 30.2. The molecule has 116 valence electrons. The van der Waals surface area contributed by atoms with E-state index in [1.807, 2.05) is 6.07 Å². The molecule has 1 aliphatic heterocycles. The van der Waals surface area contributed by atoms with Crippen molar-refractivity contribution in [3.05, 3.63) is 23.6 Å². The van der Waals surface area contributed by atoms with Crippen LogP contribution in [0.1, 0.15) is 6.92 Å². The third kappa shape index (κ3) is 3.04. The van der Waals surface area contributed by atoms with Gasteiger partial charge in [-0.3, -0.25) is 9.52 Å². The van der Waals surface area contributed by atoms with Gasteiger partial charge in [0.2, 0.25) is 10.0 Å². The lowest BCUT2D eigenvalue weighted by Crippen LogP contribution is -2.34. The first-order chi connectivity index (χ1) is 10.3. The van der Waals surface area contributed by atoms with Gasteiger partial charge in [-0.2, -0.15) is 0 Å². The van der Waals surface area contributed by atoms with E-state index in [9.17, 15) is 13.2 Å². The lowest BCUT2D eigenvalue weighted by molar-refractivity contribution is -0.122. The third-order valence-electron chi connectivity index (χ3n) is 2.98. The van der Waals surface area contributed by atoms with Gasteiger partial charge < -0.3 is 10.1 Å². The van der Waals surface area contributed by atoms with Crippen molar-refractivity contribution in [1.82, 2.24) is 4.98 Å². The molecule has 0 bridgehead atoms. The summed E-state index contributed by atoms with van der Waals surface area (Å²) in [4.78, 5) is 15.9. The minimum atomic E-state index is -3.35. The molecule has 1 atom stereocenters. The van der Waals surface area contributed by atoms with Gasteiger partial charge in [-0.1, -0.05) is 0 Å². The van der Waals surface area contributed by atoms with Crippen LogP contribution in [-0.2, 0) is 14.8 Å². The van der Waals surface area contributed by atoms with E-state index >= 15 is 0 Å². The molecule has 2 N–H and O–H groups in total. The van der Waals surface area contributed by atoms with E-state index in [0.717, 1.165) is 11.8 Å². The second-order valence-electron chi connectivity index (χ2n) is 4.87. The van der Waals surface area contributed by atoms with Gasteiger partial charge in [-0.25, -0.2) is 13.4 Å². The second-order valence-corrected chi connectivity index (χ2v) is 7.48. The topological polar surface area (TPSA) is 97.4 Å². The van der Waals surface area contributed by atoms with Gasteiger partial charge in [-0.15, -0.1) is 11.3 Å². The van der Waals surface area contributed by atoms with Crippen molar-refractivity contribution in [3.63, 3.8) is 0 Å². The summed E-state index contributed by atoms with van der Waals surface area (Å²) in [6.45, 7) is 1.68. The van der Waals surface area contributed by atoms with E-state index in [2.05, 4.69) is 15.0 Å². The number of nitrogens with zero attached hydrogens (tertiary/aromatic N) is 1. The molecule has 0 fully saturated rings. The van der Waals surface area contributed by atoms with Crippen LogP contribution in [0.4, 0.5) is 10.8 Å². The largest absolute Gasteiger partial charge is 0.479 e. The number of amides is 1. The summed E-state index contributed by atoms with van der Waals surface area (Å²) >= 11 is 1.19. The van der Waals surface area contributed by atoms with Crippen LogP contribution < -0.4 is 14.8 Å². The number of hydrogen-bond acceptors (Lipinski definition) is 6. The van der Waals surface area contributed by atoms with Crippen LogP contribution in [0.2, 0.25) is 0 Å². The van der Waals surface area contributed by atoms with Crippen LogP contribution in [0.5, 0.6) is 5.75 Å². The zero-order chi connectivity index (χ0) is 15.9. The maximum absolute atomic E-state index is 11.6. The Morgan fingerprint density at radius 1 is 1.41 bits per heavy atom. The first-order valence-electron chi connectivity index (χ1n) is 6.37. The minimum absolute atomic E-state index is 0.206. The maximum Gasteiger partial charge on any atom is 0.265 e. The number of benzene rings is 1. The third-order valence-corrected chi connectivity index (χ3v) is 4.43. The summed E-state index contributed by atoms with van der Waals surface area (Å²) in [7, 11) is -3.35. The Hall–Kier alpha value is -2.13. The van der Waals surface area contributed by atoms with Crippen LogP contribution in [0, 0.1) is 0 Å². The van der Waals surface area contributed by atoms with Crippen molar-refractivity contribution in [2.75, 3.05) is 16.3 Å². The van der Waals surface area contributed by atoms with Crippen LogP contribution in [0.3, 0.4) is 0 Å². The highest BCUT2D eigenvalue weighted by Gasteiger charge is 2.23. The van der Waals surface area contributed by atoms with E-state index in [4.69, 9.17) is 4.74 Å². The molecule has 2 aromatic rings. The molecule has 1 aromatic carbocycles. The van der Waals surface area contributed by atoms with E-state index in [1.165, 1.54) is 11.3 Å². The summed E-state index contributed by atoms with van der Waals surface area (Å²) in [5.74, 6) is 0.392. The van der Waals surface area contributed by atoms with E-state index < -0.39 is 16.1 Å². The molecule has 0 spiro atoms. The van der Waals surface area contributed by atoms with Crippen LogP contribution >= 0.6 is 11.3 Å². The summed E-state index contributed by atoms with van der Waals surface area (Å²) in [6, 6.07) is 5.31. The number of hydrogen-bond donors (Lipinski definition) is 2. The number of rotatable bonds is 3. The number of carbonyl (C=O) groups is 1. The molecule has 0 saturated heterocycles. The molecule has 0 saturated carbocycles.